The highest BCUT2D eigenvalue weighted by atomic mass is 16.6. The summed E-state index contributed by atoms with van der Waals surface area (Å²) in [6.07, 6.45) is 1.52. The summed E-state index contributed by atoms with van der Waals surface area (Å²) in [5, 5.41) is 3.33. The maximum atomic E-state index is 11.4. The van der Waals surface area contributed by atoms with Gasteiger partial charge in [-0.15, -0.1) is 0 Å². The van der Waals surface area contributed by atoms with Gasteiger partial charge in [0.05, 0.1) is 6.42 Å². The maximum absolute atomic E-state index is 11.4. The number of carbonyl (C=O) groups is 1. The normalized spacial score (nSPS) is 13.8. The minimum atomic E-state index is -0.381. The molecule has 4 heteroatoms. The molecule has 1 unspecified atom stereocenters. The van der Waals surface area contributed by atoms with Gasteiger partial charge in [-0.3, -0.25) is 4.79 Å². The summed E-state index contributed by atoms with van der Waals surface area (Å²) >= 11 is 0. The second-order valence-corrected chi connectivity index (χ2v) is 5.78. The van der Waals surface area contributed by atoms with Crippen molar-refractivity contribution in [2.75, 3.05) is 27.2 Å². The molecule has 0 radical (unpaired) electrons. The van der Waals surface area contributed by atoms with Gasteiger partial charge >= 0.3 is 5.97 Å². The minimum Gasteiger partial charge on any atom is -0.460 e. The highest BCUT2D eigenvalue weighted by Crippen LogP contribution is 2.07. The van der Waals surface area contributed by atoms with Gasteiger partial charge in [0.1, 0.15) is 5.60 Å². The minimum absolute atomic E-state index is 0.134. The van der Waals surface area contributed by atoms with E-state index in [0.29, 0.717) is 19.0 Å². The molecule has 0 aliphatic heterocycles. The van der Waals surface area contributed by atoms with Gasteiger partial charge in [-0.05, 0) is 54.8 Å². The monoisotopic (exact) mass is 244 g/mol. The van der Waals surface area contributed by atoms with Crippen LogP contribution in [0, 0.1) is 0 Å². The van der Waals surface area contributed by atoms with Gasteiger partial charge in [-0.1, -0.05) is 0 Å². The van der Waals surface area contributed by atoms with Crippen molar-refractivity contribution in [3.63, 3.8) is 0 Å². The highest BCUT2D eigenvalue weighted by molar-refractivity contribution is 5.70. The molecule has 0 amide bonds. The van der Waals surface area contributed by atoms with Crippen LogP contribution in [0.15, 0.2) is 0 Å². The van der Waals surface area contributed by atoms with Gasteiger partial charge in [-0.2, -0.15) is 0 Å². The summed E-state index contributed by atoms with van der Waals surface area (Å²) in [4.78, 5) is 13.6. The van der Waals surface area contributed by atoms with Gasteiger partial charge in [0.2, 0.25) is 0 Å². The zero-order chi connectivity index (χ0) is 13.5. The van der Waals surface area contributed by atoms with Crippen LogP contribution in [-0.4, -0.2) is 49.7 Å². The van der Waals surface area contributed by atoms with E-state index in [4.69, 9.17) is 4.74 Å². The third kappa shape index (κ3) is 11.6. The standard InChI is InChI=1S/C13H28N2O2/c1-11(8-10-15(5)6)14-9-7-12(16)17-13(2,3)4/h11,14H,7-10H2,1-6H3. The molecule has 102 valence electrons. The Hall–Kier alpha value is -0.610. The number of esters is 1. The average Bonchev–Trinajstić information content (AvgIpc) is 2.11. The number of nitrogens with zero attached hydrogens (tertiary/aromatic N) is 1. The van der Waals surface area contributed by atoms with Crippen LogP contribution in [0.5, 0.6) is 0 Å². The van der Waals surface area contributed by atoms with Crippen LogP contribution < -0.4 is 5.32 Å². The fourth-order valence-electron chi connectivity index (χ4n) is 1.37. The van der Waals surface area contributed by atoms with Crippen LogP contribution in [0.25, 0.3) is 0 Å². The molecule has 4 nitrogen and oxygen atoms in total. The number of hydrogen-bond acceptors (Lipinski definition) is 4. The van der Waals surface area contributed by atoms with E-state index in [9.17, 15) is 4.79 Å². The number of ether oxygens (including phenoxy) is 1. The molecule has 17 heavy (non-hydrogen) atoms. The van der Waals surface area contributed by atoms with E-state index in [-0.39, 0.29) is 11.6 Å². The van der Waals surface area contributed by atoms with E-state index in [1.54, 1.807) is 0 Å². The molecule has 0 aromatic heterocycles. The van der Waals surface area contributed by atoms with Crippen molar-refractivity contribution in [1.29, 1.82) is 0 Å². The van der Waals surface area contributed by atoms with Crippen molar-refractivity contribution in [2.24, 2.45) is 0 Å². The van der Waals surface area contributed by atoms with E-state index in [1.807, 2.05) is 20.8 Å². The predicted octanol–water partition coefficient (Wildman–Crippen LogP) is 1.65. The largest absolute Gasteiger partial charge is 0.460 e. The first-order valence-corrected chi connectivity index (χ1v) is 6.30. The zero-order valence-corrected chi connectivity index (χ0v) is 12.2. The third-order valence-corrected chi connectivity index (χ3v) is 2.25. The van der Waals surface area contributed by atoms with Crippen molar-refractivity contribution in [1.82, 2.24) is 10.2 Å². The van der Waals surface area contributed by atoms with Crippen LogP contribution in [-0.2, 0) is 9.53 Å². The summed E-state index contributed by atoms with van der Waals surface area (Å²) in [5.41, 5.74) is -0.381. The van der Waals surface area contributed by atoms with Gasteiger partial charge < -0.3 is 15.0 Å². The van der Waals surface area contributed by atoms with Crippen molar-refractivity contribution >= 4 is 5.97 Å². The van der Waals surface area contributed by atoms with Crippen LogP contribution in [0.2, 0.25) is 0 Å². The van der Waals surface area contributed by atoms with Crippen molar-refractivity contribution in [3.05, 3.63) is 0 Å². The first-order valence-electron chi connectivity index (χ1n) is 6.30. The number of nitrogens with one attached hydrogen (secondary N) is 1. The third-order valence-electron chi connectivity index (χ3n) is 2.25. The molecule has 0 fully saturated rings. The molecule has 0 aliphatic rings. The summed E-state index contributed by atoms with van der Waals surface area (Å²) in [5.74, 6) is -0.134. The lowest BCUT2D eigenvalue weighted by atomic mass is 10.2. The Bertz CT molecular complexity index is 222. The molecule has 0 aromatic rings. The van der Waals surface area contributed by atoms with E-state index in [0.717, 1.165) is 13.0 Å². The van der Waals surface area contributed by atoms with Crippen LogP contribution >= 0.6 is 0 Å². The zero-order valence-electron chi connectivity index (χ0n) is 12.2. The van der Waals surface area contributed by atoms with Crippen molar-refractivity contribution in [2.45, 2.75) is 52.2 Å². The first kappa shape index (κ1) is 16.4. The first-order chi connectivity index (χ1) is 7.70. The Morgan fingerprint density at radius 2 is 1.94 bits per heavy atom. The summed E-state index contributed by atoms with van der Waals surface area (Å²) in [6.45, 7) is 9.54. The second-order valence-electron chi connectivity index (χ2n) is 5.78. The van der Waals surface area contributed by atoms with Crippen LogP contribution in [0.3, 0.4) is 0 Å². The molecule has 0 bridgehead atoms. The molecule has 1 N–H and O–H groups in total. The molecule has 0 rings (SSSR count). The van der Waals surface area contributed by atoms with Crippen LogP contribution in [0.4, 0.5) is 0 Å². The Balaban J connectivity index is 3.59. The van der Waals surface area contributed by atoms with Gasteiger partial charge in [-0.25, -0.2) is 0 Å². The highest BCUT2D eigenvalue weighted by Gasteiger charge is 2.15. The van der Waals surface area contributed by atoms with E-state index in [1.165, 1.54) is 0 Å². The van der Waals surface area contributed by atoms with Gasteiger partial charge in [0.25, 0.3) is 0 Å². The molecule has 0 saturated heterocycles. The Labute approximate surface area is 106 Å². The Morgan fingerprint density at radius 3 is 2.41 bits per heavy atom. The topological polar surface area (TPSA) is 41.6 Å². The molecule has 0 heterocycles. The number of carbonyl (C=O) groups excluding carboxylic acids is 1. The predicted molar refractivity (Wildman–Crippen MR) is 71.1 cm³/mol. The molecular formula is C13H28N2O2. The average molecular weight is 244 g/mol. The summed E-state index contributed by atoms with van der Waals surface area (Å²) < 4.78 is 5.23. The van der Waals surface area contributed by atoms with Crippen molar-refractivity contribution in [3.8, 4) is 0 Å². The van der Waals surface area contributed by atoms with Gasteiger partial charge in [0.15, 0.2) is 0 Å². The number of hydrogen-bond donors (Lipinski definition) is 1. The fraction of sp³-hybridized carbons (Fsp3) is 0.923. The summed E-state index contributed by atoms with van der Waals surface area (Å²) in [6, 6.07) is 0.430. The van der Waals surface area contributed by atoms with Crippen LogP contribution in [0.1, 0.15) is 40.5 Å². The molecule has 0 spiro atoms. The lowest BCUT2D eigenvalue weighted by molar-refractivity contribution is -0.154. The van der Waals surface area contributed by atoms with E-state index in [2.05, 4.69) is 31.2 Å². The molecule has 0 aromatic carbocycles. The van der Waals surface area contributed by atoms with Gasteiger partial charge in [0, 0.05) is 12.6 Å². The van der Waals surface area contributed by atoms with Crippen molar-refractivity contribution < 1.29 is 9.53 Å². The smallest absolute Gasteiger partial charge is 0.307 e. The lowest BCUT2D eigenvalue weighted by Crippen LogP contribution is -2.32. The SMILES string of the molecule is CC(CCN(C)C)NCCC(=O)OC(C)(C)C. The quantitative estimate of drug-likeness (QED) is 0.691. The van der Waals surface area contributed by atoms with E-state index >= 15 is 0 Å². The second kappa shape index (κ2) is 7.67. The number of rotatable bonds is 7. The fourth-order valence-corrected chi connectivity index (χ4v) is 1.37. The molecule has 0 aliphatic carbocycles. The Morgan fingerprint density at radius 1 is 1.35 bits per heavy atom. The molecular weight excluding hydrogens is 216 g/mol. The molecule has 1 atom stereocenters. The Kier molecular flexibility index (Phi) is 7.39. The summed E-state index contributed by atoms with van der Waals surface area (Å²) in [7, 11) is 4.13. The maximum Gasteiger partial charge on any atom is 0.307 e. The van der Waals surface area contributed by atoms with E-state index < -0.39 is 0 Å². The molecule has 0 saturated carbocycles. The lowest BCUT2D eigenvalue weighted by Gasteiger charge is -2.20.